The van der Waals surface area contributed by atoms with Gasteiger partial charge < -0.3 is 14.5 Å². The van der Waals surface area contributed by atoms with Crippen LogP contribution < -0.4 is 15.5 Å². The van der Waals surface area contributed by atoms with Gasteiger partial charge in [-0.1, -0.05) is 76.7 Å². The van der Waals surface area contributed by atoms with E-state index in [2.05, 4.69) is 15.8 Å². The van der Waals surface area contributed by atoms with Crippen molar-refractivity contribution < 1.29 is 18.7 Å². The van der Waals surface area contributed by atoms with Crippen molar-refractivity contribution in [3.05, 3.63) is 110 Å². The highest BCUT2D eigenvalue weighted by atomic mass is 35.5. The fourth-order valence-electron chi connectivity index (χ4n) is 3.65. The maximum Gasteiger partial charge on any atom is 0.262 e. The summed E-state index contributed by atoms with van der Waals surface area (Å²) in [5, 5.41) is 8.43. The van der Waals surface area contributed by atoms with Crippen LogP contribution in [0.15, 0.2) is 88.4 Å². The summed E-state index contributed by atoms with van der Waals surface area (Å²) in [7, 11) is 0. The number of ether oxygens (including phenoxy) is 1. The summed E-state index contributed by atoms with van der Waals surface area (Å²) < 4.78 is 11.5. The predicted molar refractivity (Wildman–Crippen MR) is 159 cm³/mol. The van der Waals surface area contributed by atoms with Crippen molar-refractivity contribution in [2.45, 2.75) is 25.5 Å². The fraction of sp³-hybridized carbons (Fsp3) is 0.138. The Morgan fingerprint density at radius 2 is 1.62 bits per heavy atom. The predicted octanol–water partition coefficient (Wildman–Crippen LogP) is 7.21. The molecule has 0 fully saturated rings. The van der Waals surface area contributed by atoms with Crippen LogP contribution >= 0.6 is 46.4 Å². The average molecular weight is 619 g/mol. The first-order valence-corrected chi connectivity index (χ1v) is 13.5. The summed E-state index contributed by atoms with van der Waals surface area (Å²) in [6, 6.07) is 21.4. The summed E-state index contributed by atoms with van der Waals surface area (Å²) >= 11 is 24.4. The normalized spacial score (nSPS) is 12.6. The number of rotatable bonds is 10. The number of hydrazone groups is 1. The van der Waals surface area contributed by atoms with Gasteiger partial charge in [0.2, 0.25) is 0 Å². The van der Waals surface area contributed by atoms with Crippen molar-refractivity contribution in [3.63, 3.8) is 0 Å². The number of furan rings is 1. The molecule has 0 aliphatic heterocycles. The lowest BCUT2D eigenvalue weighted by Crippen LogP contribution is -2.50. The number of benzene rings is 3. The summed E-state index contributed by atoms with van der Waals surface area (Å²) in [5.74, 6) is 0.107. The average Bonchev–Trinajstić information content (AvgIpc) is 3.40. The highest BCUT2D eigenvalue weighted by molar-refractivity contribution is 6.36. The molecule has 2 amide bonds. The monoisotopic (exact) mass is 617 g/mol. The number of nitrogens with one attached hydrogen (secondary N) is 2. The summed E-state index contributed by atoms with van der Waals surface area (Å²) in [6.45, 7) is 1.55. The first-order chi connectivity index (χ1) is 19.2. The zero-order valence-corrected chi connectivity index (χ0v) is 24.1. The van der Waals surface area contributed by atoms with Crippen LogP contribution in [0.2, 0.25) is 20.1 Å². The molecule has 206 valence electrons. The van der Waals surface area contributed by atoms with Crippen LogP contribution in [0.5, 0.6) is 5.75 Å². The number of hydrogen-bond acceptors (Lipinski definition) is 5. The molecule has 4 aromatic rings. The SMILES string of the molecule is C[C@@H](Oc1ccc(Cl)cc1Cl)C(=O)N[C@@H](Cc1ccccc1)C(=O)N/N=C\c1ccc(-c2cc(Cl)ccc2Cl)o1. The second-order valence-electron chi connectivity index (χ2n) is 8.65. The van der Waals surface area contributed by atoms with Gasteiger partial charge in [-0.3, -0.25) is 9.59 Å². The van der Waals surface area contributed by atoms with E-state index in [4.69, 9.17) is 55.6 Å². The number of halogens is 4. The molecule has 0 bridgehead atoms. The quantitative estimate of drug-likeness (QED) is 0.145. The van der Waals surface area contributed by atoms with Crippen molar-refractivity contribution in [1.82, 2.24) is 10.7 Å². The first-order valence-electron chi connectivity index (χ1n) is 12.0. The lowest BCUT2D eigenvalue weighted by atomic mass is 10.1. The zero-order chi connectivity index (χ0) is 28.6. The Bertz CT molecular complexity index is 1520. The van der Waals surface area contributed by atoms with Crippen molar-refractivity contribution >= 4 is 64.4 Å². The summed E-state index contributed by atoms with van der Waals surface area (Å²) in [5.41, 5.74) is 3.93. The van der Waals surface area contributed by atoms with Crippen LogP contribution in [0.3, 0.4) is 0 Å². The van der Waals surface area contributed by atoms with Gasteiger partial charge in [0.15, 0.2) is 6.10 Å². The lowest BCUT2D eigenvalue weighted by Gasteiger charge is -2.21. The molecule has 0 aliphatic rings. The molecule has 0 spiro atoms. The fourth-order valence-corrected chi connectivity index (χ4v) is 4.49. The molecule has 0 radical (unpaired) electrons. The summed E-state index contributed by atoms with van der Waals surface area (Å²) in [6.07, 6.45) is 0.615. The van der Waals surface area contributed by atoms with E-state index in [1.807, 2.05) is 30.3 Å². The molecule has 0 aliphatic carbocycles. The number of nitrogens with zero attached hydrogens (tertiary/aromatic N) is 1. The topological polar surface area (TPSA) is 92.9 Å². The second kappa shape index (κ2) is 13.7. The van der Waals surface area contributed by atoms with Gasteiger partial charge in [-0.05, 0) is 61.0 Å². The molecule has 4 rings (SSSR count). The minimum Gasteiger partial charge on any atom is -0.479 e. The number of hydrogen-bond donors (Lipinski definition) is 2. The van der Waals surface area contributed by atoms with E-state index in [0.717, 1.165) is 5.56 Å². The molecular formula is C29H23Cl4N3O4. The number of carbonyl (C=O) groups excluding carboxylic acids is 2. The Hall–Kier alpha value is -3.49. The Labute approximate surface area is 251 Å². The van der Waals surface area contributed by atoms with Gasteiger partial charge >= 0.3 is 0 Å². The molecule has 1 aromatic heterocycles. The number of amides is 2. The van der Waals surface area contributed by atoms with E-state index < -0.39 is 24.0 Å². The van der Waals surface area contributed by atoms with Gasteiger partial charge in [-0.2, -0.15) is 5.10 Å². The molecule has 2 atom stereocenters. The Morgan fingerprint density at radius 1 is 0.900 bits per heavy atom. The molecule has 0 saturated heterocycles. The highest BCUT2D eigenvalue weighted by Gasteiger charge is 2.25. The van der Waals surface area contributed by atoms with Gasteiger partial charge in [0.1, 0.15) is 23.3 Å². The van der Waals surface area contributed by atoms with Gasteiger partial charge in [-0.25, -0.2) is 5.43 Å². The first kappa shape index (κ1) is 29.5. The van der Waals surface area contributed by atoms with E-state index in [0.29, 0.717) is 37.9 Å². The molecule has 3 aromatic carbocycles. The Kier molecular flexibility index (Phi) is 10.1. The summed E-state index contributed by atoms with van der Waals surface area (Å²) in [4.78, 5) is 26.0. The van der Waals surface area contributed by atoms with Crippen LogP contribution in [0.25, 0.3) is 11.3 Å². The van der Waals surface area contributed by atoms with Crippen molar-refractivity contribution in [2.75, 3.05) is 0 Å². The van der Waals surface area contributed by atoms with E-state index in [1.165, 1.54) is 12.3 Å². The third-order valence-electron chi connectivity index (χ3n) is 5.67. The maximum atomic E-state index is 13.1. The van der Waals surface area contributed by atoms with E-state index in [1.54, 1.807) is 49.4 Å². The third-order valence-corrected chi connectivity index (χ3v) is 6.76. The lowest BCUT2D eigenvalue weighted by molar-refractivity contribution is -0.132. The molecule has 40 heavy (non-hydrogen) atoms. The second-order valence-corrected chi connectivity index (χ2v) is 10.3. The van der Waals surface area contributed by atoms with Gasteiger partial charge in [-0.15, -0.1) is 0 Å². The smallest absolute Gasteiger partial charge is 0.262 e. The molecule has 7 nitrogen and oxygen atoms in total. The van der Waals surface area contributed by atoms with Crippen LogP contribution in [-0.4, -0.2) is 30.2 Å². The molecule has 0 unspecified atom stereocenters. The minimum absolute atomic E-state index is 0.223. The Balaban J connectivity index is 1.43. The van der Waals surface area contributed by atoms with Gasteiger partial charge in [0.25, 0.3) is 11.8 Å². The van der Waals surface area contributed by atoms with Crippen molar-refractivity contribution in [1.29, 1.82) is 0 Å². The van der Waals surface area contributed by atoms with E-state index in [-0.39, 0.29) is 11.4 Å². The standard InChI is InChI=1S/C29H23Cl4N3O4/c1-17(39-27-11-8-20(31)15-24(27)33)28(37)35-25(13-18-5-3-2-4-6-18)29(38)36-34-16-21-9-12-26(40-21)22-14-19(30)7-10-23(22)32/h2-12,14-17,25H,13H2,1H3,(H,35,37)(H,36,38)/b34-16-/t17-,25+/m1/s1. The van der Waals surface area contributed by atoms with Crippen LogP contribution in [-0.2, 0) is 16.0 Å². The molecule has 0 saturated carbocycles. The maximum absolute atomic E-state index is 13.1. The van der Waals surface area contributed by atoms with Crippen LogP contribution in [0.1, 0.15) is 18.2 Å². The van der Waals surface area contributed by atoms with Crippen molar-refractivity contribution in [3.8, 4) is 17.1 Å². The van der Waals surface area contributed by atoms with Gasteiger partial charge in [0.05, 0.1) is 16.3 Å². The van der Waals surface area contributed by atoms with E-state index in [9.17, 15) is 9.59 Å². The molecular weight excluding hydrogens is 596 g/mol. The minimum atomic E-state index is -0.951. The van der Waals surface area contributed by atoms with Crippen molar-refractivity contribution in [2.24, 2.45) is 5.10 Å². The van der Waals surface area contributed by atoms with Crippen LogP contribution in [0.4, 0.5) is 0 Å². The highest BCUT2D eigenvalue weighted by Crippen LogP contribution is 2.31. The largest absolute Gasteiger partial charge is 0.479 e. The zero-order valence-electron chi connectivity index (χ0n) is 21.0. The van der Waals surface area contributed by atoms with Gasteiger partial charge in [0, 0.05) is 22.0 Å². The third kappa shape index (κ3) is 8.02. The van der Waals surface area contributed by atoms with E-state index >= 15 is 0 Å². The molecule has 11 heteroatoms. The number of carbonyl (C=O) groups is 2. The van der Waals surface area contributed by atoms with Crippen LogP contribution in [0, 0.1) is 0 Å². The Morgan fingerprint density at radius 3 is 2.38 bits per heavy atom. The molecule has 2 N–H and O–H groups in total. The molecule has 1 heterocycles.